The highest BCUT2D eigenvalue weighted by atomic mass is 35.5. The molecule has 0 atom stereocenters. The van der Waals surface area contributed by atoms with Crippen molar-refractivity contribution in [1.82, 2.24) is 4.90 Å². The first kappa shape index (κ1) is 16.3. The fourth-order valence-electron chi connectivity index (χ4n) is 1.74. The lowest BCUT2D eigenvalue weighted by Crippen LogP contribution is -2.42. The van der Waals surface area contributed by atoms with Crippen LogP contribution in [0.3, 0.4) is 0 Å². The summed E-state index contributed by atoms with van der Waals surface area (Å²) in [4.78, 5) is 14.2. The van der Waals surface area contributed by atoms with Crippen molar-refractivity contribution in [3.05, 3.63) is 33.8 Å². The molecule has 2 N–H and O–H groups in total. The highest BCUT2D eigenvalue weighted by Crippen LogP contribution is 2.24. The Bertz CT molecular complexity index is 461. The second-order valence-corrected chi connectivity index (χ2v) is 6.16. The second kappa shape index (κ2) is 6.60. The van der Waals surface area contributed by atoms with Crippen molar-refractivity contribution in [2.45, 2.75) is 20.8 Å². The molecule has 19 heavy (non-hydrogen) atoms. The van der Waals surface area contributed by atoms with Gasteiger partial charge in [-0.05, 0) is 37.1 Å². The minimum atomic E-state index is -0.128. The average molecular weight is 303 g/mol. The fraction of sp³-hybridized carbons (Fsp3) is 0.500. The maximum atomic E-state index is 12.5. The third kappa shape index (κ3) is 4.37. The molecule has 1 amide bonds. The lowest BCUT2D eigenvalue weighted by atomic mass is 9.93. The lowest BCUT2D eigenvalue weighted by molar-refractivity contribution is 0.0701. The van der Waals surface area contributed by atoms with Crippen molar-refractivity contribution in [3.63, 3.8) is 0 Å². The molecule has 1 aromatic carbocycles. The molecule has 0 radical (unpaired) electrons. The third-order valence-electron chi connectivity index (χ3n) is 3.00. The number of nitrogens with zero attached hydrogens (tertiary/aromatic N) is 1. The Morgan fingerprint density at radius 3 is 2.53 bits per heavy atom. The van der Waals surface area contributed by atoms with E-state index in [4.69, 9.17) is 28.9 Å². The zero-order valence-electron chi connectivity index (χ0n) is 11.5. The third-order valence-corrected chi connectivity index (χ3v) is 3.56. The number of rotatable bonds is 5. The molecule has 1 aromatic rings. The maximum Gasteiger partial charge on any atom is 0.255 e. The van der Waals surface area contributed by atoms with E-state index in [1.54, 1.807) is 23.1 Å². The van der Waals surface area contributed by atoms with Crippen LogP contribution in [0.5, 0.6) is 0 Å². The first-order valence-corrected chi connectivity index (χ1v) is 7.00. The quantitative estimate of drug-likeness (QED) is 0.905. The number of hydrogen-bond donors (Lipinski definition) is 1. The molecule has 0 heterocycles. The Kier molecular flexibility index (Phi) is 5.65. The number of benzene rings is 1. The number of amides is 1. The van der Waals surface area contributed by atoms with Gasteiger partial charge in [-0.25, -0.2) is 0 Å². The second-order valence-electron chi connectivity index (χ2n) is 5.31. The standard InChI is InChI=1S/C14H20Cl2N2O/c1-4-18(9-14(2,3)8-17)13(19)11-7-10(15)5-6-12(11)16/h5-7H,4,8-9,17H2,1-3H3. The van der Waals surface area contributed by atoms with Crippen molar-refractivity contribution >= 4 is 29.1 Å². The molecule has 5 heteroatoms. The average Bonchev–Trinajstić information content (AvgIpc) is 2.38. The van der Waals surface area contributed by atoms with Crippen LogP contribution in [-0.2, 0) is 0 Å². The zero-order chi connectivity index (χ0) is 14.6. The highest BCUT2D eigenvalue weighted by Gasteiger charge is 2.24. The summed E-state index contributed by atoms with van der Waals surface area (Å²) in [5, 5.41) is 0.917. The molecule has 0 spiro atoms. The van der Waals surface area contributed by atoms with Gasteiger partial charge in [-0.3, -0.25) is 4.79 Å². The van der Waals surface area contributed by atoms with Gasteiger partial charge in [0, 0.05) is 18.1 Å². The van der Waals surface area contributed by atoms with E-state index in [1.165, 1.54) is 0 Å². The SMILES string of the molecule is CCN(CC(C)(C)CN)C(=O)c1cc(Cl)ccc1Cl. The normalized spacial score (nSPS) is 11.5. The topological polar surface area (TPSA) is 46.3 Å². The van der Waals surface area contributed by atoms with E-state index in [2.05, 4.69) is 0 Å². The van der Waals surface area contributed by atoms with Gasteiger partial charge in [0.05, 0.1) is 10.6 Å². The smallest absolute Gasteiger partial charge is 0.255 e. The van der Waals surface area contributed by atoms with Crippen molar-refractivity contribution in [3.8, 4) is 0 Å². The monoisotopic (exact) mass is 302 g/mol. The maximum absolute atomic E-state index is 12.5. The van der Waals surface area contributed by atoms with Crippen molar-refractivity contribution in [2.24, 2.45) is 11.1 Å². The molecule has 0 aromatic heterocycles. The van der Waals surface area contributed by atoms with Crippen LogP contribution in [0.4, 0.5) is 0 Å². The number of halogens is 2. The van der Waals surface area contributed by atoms with Gasteiger partial charge in [0.1, 0.15) is 0 Å². The van der Waals surface area contributed by atoms with Gasteiger partial charge < -0.3 is 10.6 Å². The van der Waals surface area contributed by atoms with Crippen LogP contribution in [0.1, 0.15) is 31.1 Å². The van der Waals surface area contributed by atoms with Crippen molar-refractivity contribution in [1.29, 1.82) is 0 Å². The van der Waals surface area contributed by atoms with Crippen LogP contribution in [-0.4, -0.2) is 30.4 Å². The first-order chi connectivity index (χ1) is 8.80. The van der Waals surface area contributed by atoms with Crippen LogP contribution < -0.4 is 5.73 Å². The Hall–Kier alpha value is -0.770. The van der Waals surface area contributed by atoms with Gasteiger partial charge in [0.15, 0.2) is 0 Å². The number of nitrogens with two attached hydrogens (primary N) is 1. The summed E-state index contributed by atoms with van der Waals surface area (Å²) >= 11 is 12.0. The van der Waals surface area contributed by atoms with Crippen LogP contribution in [0.2, 0.25) is 10.0 Å². The molecular formula is C14H20Cl2N2O. The molecule has 0 fully saturated rings. The van der Waals surface area contributed by atoms with Gasteiger partial charge in [-0.1, -0.05) is 37.0 Å². The first-order valence-electron chi connectivity index (χ1n) is 6.25. The summed E-state index contributed by atoms with van der Waals surface area (Å²) in [5.41, 5.74) is 6.02. The van der Waals surface area contributed by atoms with Crippen LogP contribution in [0.15, 0.2) is 18.2 Å². The largest absolute Gasteiger partial charge is 0.338 e. The number of carbonyl (C=O) groups excluding carboxylic acids is 1. The Morgan fingerprint density at radius 2 is 2.00 bits per heavy atom. The predicted molar refractivity (Wildman–Crippen MR) is 80.9 cm³/mol. The lowest BCUT2D eigenvalue weighted by Gasteiger charge is -2.31. The van der Waals surface area contributed by atoms with Crippen molar-refractivity contribution < 1.29 is 4.79 Å². The molecule has 0 aliphatic rings. The van der Waals surface area contributed by atoms with Gasteiger partial charge in [0.2, 0.25) is 0 Å². The molecular weight excluding hydrogens is 283 g/mol. The summed E-state index contributed by atoms with van der Waals surface area (Å²) in [7, 11) is 0. The van der Waals surface area contributed by atoms with E-state index < -0.39 is 0 Å². The predicted octanol–water partition coefficient (Wildman–Crippen LogP) is 3.44. The Balaban J connectivity index is 2.99. The molecule has 0 aliphatic carbocycles. The molecule has 0 unspecified atom stereocenters. The molecule has 0 saturated heterocycles. The summed E-state index contributed by atoms with van der Waals surface area (Å²) in [5.74, 6) is -0.114. The minimum Gasteiger partial charge on any atom is -0.338 e. The highest BCUT2D eigenvalue weighted by molar-refractivity contribution is 6.35. The van der Waals surface area contributed by atoms with E-state index in [0.717, 1.165) is 0 Å². The molecule has 0 saturated carbocycles. The number of carbonyl (C=O) groups is 1. The van der Waals surface area contributed by atoms with Gasteiger partial charge in [-0.2, -0.15) is 0 Å². The van der Waals surface area contributed by atoms with Crippen LogP contribution in [0, 0.1) is 5.41 Å². The van der Waals surface area contributed by atoms with E-state index in [1.807, 2.05) is 20.8 Å². The zero-order valence-corrected chi connectivity index (χ0v) is 13.1. The molecule has 0 aliphatic heterocycles. The molecule has 1 rings (SSSR count). The molecule has 0 bridgehead atoms. The Morgan fingerprint density at radius 1 is 1.37 bits per heavy atom. The van der Waals surface area contributed by atoms with E-state index in [9.17, 15) is 4.79 Å². The van der Waals surface area contributed by atoms with E-state index in [0.29, 0.717) is 35.2 Å². The van der Waals surface area contributed by atoms with Gasteiger partial charge >= 0.3 is 0 Å². The Labute approximate surface area is 124 Å². The molecule has 3 nitrogen and oxygen atoms in total. The van der Waals surface area contributed by atoms with Gasteiger partial charge in [0.25, 0.3) is 5.91 Å². The fourth-order valence-corrected chi connectivity index (χ4v) is 2.11. The van der Waals surface area contributed by atoms with E-state index in [-0.39, 0.29) is 11.3 Å². The minimum absolute atomic E-state index is 0.114. The van der Waals surface area contributed by atoms with Crippen molar-refractivity contribution in [2.75, 3.05) is 19.6 Å². The molecule has 106 valence electrons. The summed E-state index contributed by atoms with van der Waals surface area (Å²) in [6.45, 7) is 7.70. The van der Waals surface area contributed by atoms with Gasteiger partial charge in [-0.15, -0.1) is 0 Å². The van der Waals surface area contributed by atoms with E-state index >= 15 is 0 Å². The number of hydrogen-bond acceptors (Lipinski definition) is 2. The summed E-state index contributed by atoms with van der Waals surface area (Å²) in [6.07, 6.45) is 0. The van der Waals surface area contributed by atoms with Crippen LogP contribution >= 0.6 is 23.2 Å². The van der Waals surface area contributed by atoms with Crippen LogP contribution in [0.25, 0.3) is 0 Å². The summed E-state index contributed by atoms with van der Waals surface area (Å²) < 4.78 is 0. The summed E-state index contributed by atoms with van der Waals surface area (Å²) in [6, 6.07) is 4.91.